The van der Waals surface area contributed by atoms with Crippen molar-refractivity contribution in [1.29, 1.82) is 0 Å². The molecule has 2 aliphatic heterocycles. The highest BCUT2D eigenvalue weighted by atomic mass is 19.1. The zero-order valence-corrected chi connectivity index (χ0v) is 17.4. The lowest BCUT2D eigenvalue weighted by molar-refractivity contribution is 0.411. The third kappa shape index (κ3) is 3.27. The van der Waals surface area contributed by atoms with Gasteiger partial charge in [-0.3, -0.25) is 0 Å². The van der Waals surface area contributed by atoms with Gasteiger partial charge in [-0.2, -0.15) is 0 Å². The highest BCUT2D eigenvalue weighted by Crippen LogP contribution is 2.49. The minimum atomic E-state index is -0.234. The molecule has 0 atom stereocenters. The van der Waals surface area contributed by atoms with Crippen LogP contribution in [-0.4, -0.2) is 5.54 Å². The zero-order valence-electron chi connectivity index (χ0n) is 17.4. The lowest BCUT2D eigenvalue weighted by atomic mass is 9.82. The van der Waals surface area contributed by atoms with E-state index in [1.54, 1.807) is 12.1 Å². The first kappa shape index (κ1) is 18.5. The molecule has 1 aliphatic carbocycles. The smallest absolute Gasteiger partial charge is 0.135 e. The Bertz CT molecular complexity index is 1040. The van der Waals surface area contributed by atoms with Gasteiger partial charge < -0.3 is 10.1 Å². The average Bonchev–Trinajstić information content (AvgIpc) is 2.67. The lowest BCUT2D eigenvalue weighted by Gasteiger charge is -2.35. The van der Waals surface area contributed by atoms with Gasteiger partial charge in [0.1, 0.15) is 17.3 Å². The van der Waals surface area contributed by atoms with Crippen LogP contribution in [-0.2, 0) is 0 Å². The maximum Gasteiger partial charge on any atom is 0.135 e. The maximum absolute atomic E-state index is 14.1. The monoisotopic (exact) mass is 389 g/mol. The summed E-state index contributed by atoms with van der Waals surface area (Å²) in [6, 6.07) is 9.08. The van der Waals surface area contributed by atoms with Crippen LogP contribution in [0.25, 0.3) is 22.5 Å². The Morgan fingerprint density at radius 3 is 2.62 bits per heavy atom. The molecule has 0 radical (unpaired) electrons. The molecule has 0 saturated heterocycles. The molecular formula is C26H28FNO. The lowest BCUT2D eigenvalue weighted by Crippen LogP contribution is -2.32. The molecule has 0 spiro atoms. The molecule has 1 fully saturated rings. The summed E-state index contributed by atoms with van der Waals surface area (Å²) in [4.78, 5) is 0. The summed E-state index contributed by atoms with van der Waals surface area (Å²) in [5.41, 5.74) is 6.42. The van der Waals surface area contributed by atoms with E-state index < -0.39 is 0 Å². The number of halogens is 1. The molecule has 3 heteroatoms. The fraction of sp³-hybridized carbons (Fsp3) is 0.385. The molecule has 3 aliphatic rings. The maximum atomic E-state index is 14.1. The summed E-state index contributed by atoms with van der Waals surface area (Å²) in [6.45, 7) is 6.53. The Morgan fingerprint density at radius 1 is 1.03 bits per heavy atom. The van der Waals surface area contributed by atoms with E-state index in [0.29, 0.717) is 5.92 Å². The van der Waals surface area contributed by atoms with E-state index in [1.165, 1.54) is 49.3 Å². The van der Waals surface area contributed by atoms with Crippen LogP contribution in [0.5, 0.6) is 5.75 Å². The quantitative estimate of drug-likeness (QED) is 0.548. The highest BCUT2D eigenvalue weighted by molar-refractivity contribution is 5.97. The molecule has 1 saturated carbocycles. The molecule has 1 N–H and O–H groups in total. The van der Waals surface area contributed by atoms with Crippen molar-refractivity contribution in [2.24, 2.45) is 5.92 Å². The second kappa shape index (κ2) is 6.76. The van der Waals surface area contributed by atoms with E-state index in [2.05, 4.69) is 50.4 Å². The Labute approximate surface area is 172 Å². The van der Waals surface area contributed by atoms with Crippen LogP contribution in [0.1, 0.15) is 64.0 Å². The molecule has 2 heterocycles. The van der Waals surface area contributed by atoms with Gasteiger partial charge in [-0.15, -0.1) is 0 Å². The van der Waals surface area contributed by atoms with Crippen LogP contribution in [0.3, 0.4) is 0 Å². The highest BCUT2D eigenvalue weighted by Gasteiger charge is 2.31. The van der Waals surface area contributed by atoms with Crippen LogP contribution >= 0.6 is 0 Å². The second-order valence-electron chi connectivity index (χ2n) is 9.26. The van der Waals surface area contributed by atoms with Crippen LogP contribution < -0.4 is 10.1 Å². The molecule has 0 unspecified atom stereocenters. The van der Waals surface area contributed by atoms with Crippen molar-refractivity contribution in [3.63, 3.8) is 0 Å². The standard InChI is InChI=1S/C26H28FNO/c1-16-15-26(2,3)28-21-11-10-19-20-14-18(27)9-12-22(20)29-23(25(19)24(16)21)13-17-7-5-4-6-8-17/h9-15,17,28H,4-8H2,1-3H3/b23-13-. The van der Waals surface area contributed by atoms with Gasteiger partial charge in [-0.25, -0.2) is 4.39 Å². The number of anilines is 1. The summed E-state index contributed by atoms with van der Waals surface area (Å²) in [7, 11) is 0. The molecule has 2 nitrogen and oxygen atoms in total. The van der Waals surface area contributed by atoms with Gasteiger partial charge in [0.2, 0.25) is 0 Å². The van der Waals surface area contributed by atoms with Gasteiger partial charge in [0.05, 0.1) is 5.54 Å². The minimum Gasteiger partial charge on any atom is -0.456 e. The summed E-state index contributed by atoms with van der Waals surface area (Å²) in [5.74, 6) is 1.98. The molecule has 0 aromatic heterocycles. The normalized spacial score (nSPS) is 21.4. The largest absolute Gasteiger partial charge is 0.456 e. The van der Waals surface area contributed by atoms with E-state index in [0.717, 1.165) is 33.9 Å². The number of hydrogen-bond donors (Lipinski definition) is 1. The number of allylic oxidation sites excluding steroid dienone is 2. The fourth-order valence-corrected chi connectivity index (χ4v) is 5.20. The Balaban J connectivity index is 1.74. The molecule has 150 valence electrons. The first-order valence-electron chi connectivity index (χ1n) is 10.8. The number of nitrogens with one attached hydrogen (secondary N) is 1. The summed E-state index contributed by atoms with van der Waals surface area (Å²) in [6.07, 6.45) is 10.9. The van der Waals surface area contributed by atoms with Gasteiger partial charge >= 0.3 is 0 Å². The summed E-state index contributed by atoms with van der Waals surface area (Å²) in [5, 5.41) is 3.64. The third-order valence-electron chi connectivity index (χ3n) is 6.37. The number of ether oxygens (including phenoxy) is 1. The molecule has 0 amide bonds. The fourth-order valence-electron chi connectivity index (χ4n) is 5.20. The SMILES string of the molecule is CC1=CC(C)(C)Nc2ccc3c(c21)/C(=C/C1CCCCC1)Oc1ccc(F)cc1-3. The van der Waals surface area contributed by atoms with Gasteiger partial charge in [-0.1, -0.05) is 31.4 Å². The van der Waals surface area contributed by atoms with Crippen molar-refractivity contribution < 1.29 is 9.13 Å². The van der Waals surface area contributed by atoms with Gasteiger partial charge in [0, 0.05) is 22.4 Å². The van der Waals surface area contributed by atoms with Crippen molar-refractivity contribution in [2.75, 3.05) is 5.32 Å². The Kier molecular flexibility index (Phi) is 4.31. The van der Waals surface area contributed by atoms with Crippen molar-refractivity contribution in [3.05, 3.63) is 59.4 Å². The van der Waals surface area contributed by atoms with Crippen LogP contribution in [0.2, 0.25) is 0 Å². The zero-order chi connectivity index (χ0) is 20.2. The predicted molar refractivity (Wildman–Crippen MR) is 118 cm³/mol. The van der Waals surface area contributed by atoms with Crippen molar-refractivity contribution >= 4 is 17.0 Å². The first-order valence-corrected chi connectivity index (χ1v) is 10.8. The molecule has 2 aromatic carbocycles. The molecule has 5 rings (SSSR count). The minimum absolute atomic E-state index is 0.0991. The predicted octanol–water partition coefficient (Wildman–Crippen LogP) is 7.41. The Hall–Kier alpha value is -2.55. The second-order valence-corrected chi connectivity index (χ2v) is 9.26. The molecule has 0 bridgehead atoms. The summed E-state index contributed by atoms with van der Waals surface area (Å²) < 4.78 is 20.5. The molecule has 2 aromatic rings. The molecule has 29 heavy (non-hydrogen) atoms. The van der Waals surface area contributed by atoms with Gasteiger partial charge in [0.25, 0.3) is 0 Å². The van der Waals surface area contributed by atoms with Crippen molar-refractivity contribution in [1.82, 2.24) is 0 Å². The topological polar surface area (TPSA) is 21.3 Å². The Morgan fingerprint density at radius 2 is 1.83 bits per heavy atom. The van der Waals surface area contributed by atoms with Gasteiger partial charge in [0.15, 0.2) is 0 Å². The van der Waals surface area contributed by atoms with E-state index >= 15 is 0 Å². The van der Waals surface area contributed by atoms with Crippen molar-refractivity contribution in [2.45, 2.75) is 58.4 Å². The van der Waals surface area contributed by atoms with Crippen LogP contribution in [0, 0.1) is 11.7 Å². The molecular weight excluding hydrogens is 361 g/mol. The van der Waals surface area contributed by atoms with Crippen LogP contribution in [0.4, 0.5) is 10.1 Å². The van der Waals surface area contributed by atoms with E-state index in [9.17, 15) is 4.39 Å². The number of benzene rings is 2. The number of rotatable bonds is 1. The van der Waals surface area contributed by atoms with Crippen LogP contribution in [0.15, 0.2) is 42.5 Å². The number of hydrogen-bond acceptors (Lipinski definition) is 2. The van der Waals surface area contributed by atoms with E-state index in [-0.39, 0.29) is 11.4 Å². The number of fused-ring (bicyclic) bond motifs is 5. The third-order valence-corrected chi connectivity index (χ3v) is 6.37. The summed E-state index contributed by atoms with van der Waals surface area (Å²) >= 11 is 0. The first-order chi connectivity index (χ1) is 13.9. The average molecular weight is 390 g/mol. The van der Waals surface area contributed by atoms with E-state index in [4.69, 9.17) is 4.74 Å². The van der Waals surface area contributed by atoms with Gasteiger partial charge in [-0.05, 0) is 81.0 Å². The van der Waals surface area contributed by atoms with Crippen molar-refractivity contribution in [3.8, 4) is 16.9 Å². The van der Waals surface area contributed by atoms with E-state index in [1.807, 2.05) is 0 Å².